The molecule has 0 aliphatic carbocycles. The van der Waals surface area contributed by atoms with Crippen LogP contribution in [-0.4, -0.2) is 53.2 Å². The summed E-state index contributed by atoms with van der Waals surface area (Å²) in [4.78, 5) is 49.7. The van der Waals surface area contributed by atoms with Gasteiger partial charge >= 0.3 is 0 Å². The summed E-state index contributed by atoms with van der Waals surface area (Å²) in [6, 6.07) is 6.00. The summed E-state index contributed by atoms with van der Waals surface area (Å²) in [5.41, 5.74) is 2.50. The number of amides is 2. The fraction of sp³-hybridized carbons (Fsp3) is 0.280. The van der Waals surface area contributed by atoms with E-state index in [4.69, 9.17) is 0 Å². The predicted molar refractivity (Wildman–Crippen MR) is 137 cm³/mol. The van der Waals surface area contributed by atoms with Gasteiger partial charge in [-0.3, -0.25) is 14.4 Å². The monoisotopic (exact) mass is 521 g/mol. The molecule has 0 saturated carbocycles. The number of anilines is 1. The Bertz CT molecular complexity index is 1610. The smallest absolute Gasteiger partial charge is 0.280 e. The van der Waals surface area contributed by atoms with E-state index in [-0.39, 0.29) is 42.1 Å². The van der Waals surface area contributed by atoms with Crippen molar-refractivity contribution in [1.82, 2.24) is 29.0 Å². The molecule has 0 atom stereocenters. The second-order valence-corrected chi connectivity index (χ2v) is 9.82. The first-order chi connectivity index (χ1) is 17.7. The largest absolute Gasteiger partial charge is 0.330 e. The average molecular weight is 522 g/mol. The van der Waals surface area contributed by atoms with Crippen LogP contribution in [0.15, 0.2) is 46.5 Å². The van der Waals surface area contributed by atoms with E-state index in [1.54, 1.807) is 17.2 Å². The number of hydrogen-bond donors (Lipinski definition) is 1. The van der Waals surface area contributed by atoms with E-state index in [0.29, 0.717) is 11.3 Å². The number of fused-ring (bicyclic) bond motifs is 2. The SMILES string of the molecule is CSc1cc(C)c(-c2cc3n(CC(=O)Nc4ccc(F)cn4)c4c(c(=O)n3n2)CN(C(C)C)C4=O)cn1. The second-order valence-electron chi connectivity index (χ2n) is 9.00. The van der Waals surface area contributed by atoms with Gasteiger partial charge < -0.3 is 14.8 Å². The molecule has 0 spiro atoms. The molecule has 2 amide bonds. The lowest BCUT2D eigenvalue weighted by molar-refractivity contribution is -0.116. The van der Waals surface area contributed by atoms with Gasteiger partial charge in [0.15, 0.2) is 0 Å². The number of nitrogens with zero attached hydrogens (tertiary/aromatic N) is 6. The lowest BCUT2D eigenvalue weighted by atomic mass is 10.1. The summed E-state index contributed by atoms with van der Waals surface area (Å²) in [7, 11) is 0. The molecular formula is C25H24FN7O3S. The Labute approximate surface area is 215 Å². The molecule has 10 nitrogen and oxygen atoms in total. The number of nitrogens with one attached hydrogen (secondary N) is 1. The number of hydrogen-bond acceptors (Lipinski definition) is 7. The Morgan fingerprint density at radius 1 is 1.19 bits per heavy atom. The van der Waals surface area contributed by atoms with E-state index in [0.717, 1.165) is 22.3 Å². The first-order valence-electron chi connectivity index (χ1n) is 11.6. The van der Waals surface area contributed by atoms with E-state index in [2.05, 4.69) is 20.4 Å². The van der Waals surface area contributed by atoms with Crippen molar-refractivity contribution < 1.29 is 14.0 Å². The van der Waals surface area contributed by atoms with E-state index in [1.807, 2.05) is 33.1 Å². The minimum Gasteiger partial charge on any atom is -0.330 e. The molecule has 0 radical (unpaired) electrons. The molecule has 0 aromatic carbocycles. The van der Waals surface area contributed by atoms with E-state index in [9.17, 15) is 18.8 Å². The summed E-state index contributed by atoms with van der Waals surface area (Å²) in [6.07, 6.45) is 4.63. The Hall–Kier alpha value is -4.06. The summed E-state index contributed by atoms with van der Waals surface area (Å²) in [6.45, 7) is 5.50. The van der Waals surface area contributed by atoms with Crippen LogP contribution in [0, 0.1) is 12.7 Å². The van der Waals surface area contributed by atoms with Crippen LogP contribution >= 0.6 is 11.8 Å². The average Bonchev–Trinajstić information content (AvgIpc) is 3.45. The normalized spacial score (nSPS) is 13.0. The molecule has 0 saturated heterocycles. The van der Waals surface area contributed by atoms with Crippen molar-refractivity contribution in [2.75, 3.05) is 11.6 Å². The molecule has 12 heteroatoms. The van der Waals surface area contributed by atoms with Crippen molar-refractivity contribution in [2.24, 2.45) is 0 Å². The number of carbonyl (C=O) groups is 2. The molecule has 5 rings (SSSR count). The van der Waals surface area contributed by atoms with Crippen LogP contribution in [0.1, 0.15) is 35.5 Å². The van der Waals surface area contributed by atoms with Crippen LogP contribution in [0.4, 0.5) is 10.2 Å². The molecule has 0 unspecified atom stereocenters. The molecule has 4 aromatic heterocycles. The van der Waals surface area contributed by atoms with Crippen molar-refractivity contribution in [1.29, 1.82) is 0 Å². The summed E-state index contributed by atoms with van der Waals surface area (Å²) < 4.78 is 16.0. The predicted octanol–water partition coefficient (Wildman–Crippen LogP) is 3.13. The van der Waals surface area contributed by atoms with Crippen LogP contribution in [0.3, 0.4) is 0 Å². The number of rotatable bonds is 6. The Morgan fingerprint density at radius 3 is 2.62 bits per heavy atom. The lowest BCUT2D eigenvalue weighted by Gasteiger charge is -2.20. The van der Waals surface area contributed by atoms with Crippen molar-refractivity contribution in [3.05, 3.63) is 69.7 Å². The Balaban J connectivity index is 1.64. The quantitative estimate of drug-likeness (QED) is 0.388. The molecule has 1 aliphatic heterocycles. The fourth-order valence-corrected chi connectivity index (χ4v) is 4.83. The molecule has 0 bridgehead atoms. The van der Waals surface area contributed by atoms with Gasteiger partial charge in [-0.05, 0) is 50.8 Å². The third-order valence-electron chi connectivity index (χ3n) is 6.26. The standard InChI is InChI=1S/C25H24FN7O3S/c1-13(2)31-11-17-23(25(31)36)32(12-20(34)29-19-6-5-15(26)9-27-19)22-8-18(30-33(22)24(17)35)16-10-28-21(37-4)7-14(16)3/h5-10,13H,11-12H2,1-4H3,(H,27,29,34). The van der Waals surface area contributed by atoms with Crippen molar-refractivity contribution in [3.63, 3.8) is 0 Å². The van der Waals surface area contributed by atoms with Crippen LogP contribution in [0.25, 0.3) is 16.9 Å². The Morgan fingerprint density at radius 2 is 1.97 bits per heavy atom. The van der Waals surface area contributed by atoms with Gasteiger partial charge in [0.25, 0.3) is 11.5 Å². The summed E-state index contributed by atoms with van der Waals surface area (Å²) in [5.74, 6) is -1.19. The third-order valence-corrected chi connectivity index (χ3v) is 6.90. The summed E-state index contributed by atoms with van der Waals surface area (Å²) in [5, 5.41) is 8.02. The first kappa shape index (κ1) is 24.6. The van der Waals surface area contributed by atoms with Crippen LogP contribution in [0.5, 0.6) is 0 Å². The number of halogens is 1. The van der Waals surface area contributed by atoms with Gasteiger partial charge in [-0.15, -0.1) is 11.8 Å². The maximum atomic E-state index is 13.5. The maximum absolute atomic E-state index is 13.5. The van der Waals surface area contributed by atoms with Gasteiger partial charge in [0.2, 0.25) is 5.91 Å². The number of aromatic nitrogens is 5. The number of carbonyl (C=O) groups excluding carboxylic acids is 2. The minimum absolute atomic E-state index is 0.125. The number of pyridine rings is 2. The highest BCUT2D eigenvalue weighted by atomic mass is 32.2. The second kappa shape index (κ2) is 9.43. The topological polar surface area (TPSA) is 114 Å². The first-order valence-corrected chi connectivity index (χ1v) is 12.8. The van der Waals surface area contributed by atoms with Crippen molar-refractivity contribution in [3.8, 4) is 11.3 Å². The van der Waals surface area contributed by atoms with Crippen molar-refractivity contribution >= 4 is 35.0 Å². The van der Waals surface area contributed by atoms with Gasteiger partial charge in [0, 0.05) is 23.9 Å². The molecule has 4 aromatic rings. The molecule has 0 fully saturated rings. The van der Waals surface area contributed by atoms with Crippen molar-refractivity contribution in [2.45, 2.75) is 44.9 Å². The van der Waals surface area contributed by atoms with E-state index < -0.39 is 17.3 Å². The van der Waals surface area contributed by atoms with Gasteiger partial charge in [0.05, 0.1) is 29.0 Å². The number of aryl methyl sites for hydroxylation is 1. The van der Waals surface area contributed by atoms with E-state index in [1.165, 1.54) is 33.0 Å². The van der Waals surface area contributed by atoms with Gasteiger partial charge in [-0.1, -0.05) is 0 Å². The lowest BCUT2D eigenvalue weighted by Crippen LogP contribution is -2.32. The van der Waals surface area contributed by atoms with Gasteiger partial charge in [0.1, 0.15) is 29.5 Å². The molecule has 37 heavy (non-hydrogen) atoms. The molecular weight excluding hydrogens is 497 g/mol. The highest BCUT2D eigenvalue weighted by Crippen LogP contribution is 2.28. The van der Waals surface area contributed by atoms with Crippen LogP contribution in [-0.2, 0) is 17.9 Å². The molecule has 1 aliphatic rings. The number of thioether (sulfide) groups is 1. The van der Waals surface area contributed by atoms with Gasteiger partial charge in [-0.25, -0.2) is 14.4 Å². The van der Waals surface area contributed by atoms with Crippen LogP contribution < -0.4 is 10.9 Å². The molecule has 1 N–H and O–H groups in total. The zero-order valence-corrected chi connectivity index (χ0v) is 21.5. The highest BCUT2D eigenvalue weighted by molar-refractivity contribution is 7.98. The molecule has 5 heterocycles. The molecule has 190 valence electrons. The summed E-state index contributed by atoms with van der Waals surface area (Å²) >= 11 is 1.52. The maximum Gasteiger partial charge on any atom is 0.280 e. The Kier molecular flexibility index (Phi) is 6.28. The van der Waals surface area contributed by atoms with Gasteiger partial charge in [-0.2, -0.15) is 9.61 Å². The third kappa shape index (κ3) is 4.37. The fourth-order valence-electron chi connectivity index (χ4n) is 4.38. The minimum atomic E-state index is -0.528. The zero-order valence-electron chi connectivity index (χ0n) is 20.6. The van der Waals surface area contributed by atoms with Crippen LogP contribution in [0.2, 0.25) is 0 Å². The zero-order chi connectivity index (χ0) is 26.4. The van der Waals surface area contributed by atoms with E-state index >= 15 is 0 Å². The highest BCUT2D eigenvalue weighted by Gasteiger charge is 2.36.